The highest BCUT2D eigenvalue weighted by molar-refractivity contribution is 5.94. The van der Waals surface area contributed by atoms with Gasteiger partial charge in [-0.15, -0.1) is 0 Å². The van der Waals surface area contributed by atoms with E-state index in [1.165, 1.54) is 0 Å². The molecule has 1 aromatic rings. The average Bonchev–Trinajstić information content (AvgIpc) is 3.05. The van der Waals surface area contributed by atoms with Gasteiger partial charge in [-0.25, -0.2) is 0 Å². The molecule has 1 heterocycles. The normalized spacial score (nSPS) is 26.2. The molecule has 1 aliphatic heterocycles. The van der Waals surface area contributed by atoms with Gasteiger partial charge < -0.3 is 15.2 Å². The number of methoxy groups -OCH3 is 1. The first kappa shape index (κ1) is 16.8. The number of ether oxygens (including phenoxy) is 1. The lowest BCUT2D eigenvalue weighted by molar-refractivity contribution is -0.149. The Balaban J connectivity index is 1.65. The molecule has 0 unspecified atom stereocenters. The number of rotatable bonds is 5. The molecule has 0 spiro atoms. The second kappa shape index (κ2) is 6.43. The van der Waals surface area contributed by atoms with E-state index in [1.54, 1.807) is 7.11 Å². The van der Waals surface area contributed by atoms with Gasteiger partial charge in [-0.2, -0.15) is 0 Å². The number of fused-ring (bicyclic) bond motifs is 1. The van der Waals surface area contributed by atoms with Gasteiger partial charge in [0.2, 0.25) is 5.91 Å². The van der Waals surface area contributed by atoms with Crippen LogP contribution >= 0.6 is 0 Å². The smallest absolute Gasteiger partial charge is 0.311 e. The van der Waals surface area contributed by atoms with Gasteiger partial charge in [0.05, 0.1) is 24.8 Å². The Bertz CT molecular complexity index is 660. The van der Waals surface area contributed by atoms with Gasteiger partial charge in [0.1, 0.15) is 5.75 Å². The fourth-order valence-corrected chi connectivity index (χ4v) is 4.18. The number of hydrogen-bond donors (Lipinski definition) is 2. The van der Waals surface area contributed by atoms with Gasteiger partial charge in [-0.05, 0) is 43.4 Å². The molecule has 2 atom stereocenters. The number of amides is 1. The topological polar surface area (TPSA) is 78.9 Å². The van der Waals surface area contributed by atoms with E-state index in [-0.39, 0.29) is 18.4 Å². The van der Waals surface area contributed by atoms with Crippen molar-refractivity contribution in [3.63, 3.8) is 0 Å². The minimum absolute atomic E-state index is 0.139. The number of carbonyl (C=O) groups excluding carboxylic acids is 1. The Morgan fingerprint density at radius 2 is 2.25 bits per heavy atom. The standard InChI is InChI=1S/C18H24N2O4/c1-12-5-6-15(24-2)14(8-12)19-16(21)10-20-9-13-4-3-7-18(13,11-20)17(22)23/h5-6,8,13H,3-4,7,9-11H2,1-2H3,(H,19,21)(H,22,23)/t13-,18+/m0/s1. The van der Waals surface area contributed by atoms with E-state index in [0.29, 0.717) is 24.5 Å². The van der Waals surface area contributed by atoms with E-state index in [9.17, 15) is 14.7 Å². The number of nitrogens with one attached hydrogen (secondary N) is 1. The van der Waals surface area contributed by atoms with Crippen molar-refractivity contribution in [2.24, 2.45) is 11.3 Å². The molecule has 1 aromatic carbocycles. The van der Waals surface area contributed by atoms with Crippen molar-refractivity contribution in [3.05, 3.63) is 23.8 Å². The van der Waals surface area contributed by atoms with Crippen molar-refractivity contribution in [2.75, 3.05) is 32.1 Å². The van der Waals surface area contributed by atoms with E-state index in [0.717, 1.165) is 24.8 Å². The lowest BCUT2D eigenvalue weighted by Gasteiger charge is -2.23. The zero-order valence-electron chi connectivity index (χ0n) is 14.2. The monoisotopic (exact) mass is 332 g/mol. The number of aliphatic carboxylic acids is 1. The molecule has 24 heavy (non-hydrogen) atoms. The predicted octanol–water partition coefficient (Wildman–Crippen LogP) is 2.13. The van der Waals surface area contributed by atoms with Crippen LogP contribution in [0.15, 0.2) is 18.2 Å². The largest absolute Gasteiger partial charge is 0.495 e. The van der Waals surface area contributed by atoms with Crippen LogP contribution in [0.3, 0.4) is 0 Å². The summed E-state index contributed by atoms with van der Waals surface area (Å²) in [5.74, 6) is -0.0711. The Labute approximate surface area is 141 Å². The molecular formula is C18H24N2O4. The molecule has 3 rings (SSSR count). The fraction of sp³-hybridized carbons (Fsp3) is 0.556. The summed E-state index contributed by atoms with van der Waals surface area (Å²) in [5, 5.41) is 12.5. The number of benzene rings is 1. The molecule has 0 radical (unpaired) electrons. The molecule has 2 fully saturated rings. The maximum atomic E-state index is 12.4. The Hall–Kier alpha value is -2.08. The molecule has 1 amide bonds. The molecule has 0 aromatic heterocycles. The summed E-state index contributed by atoms with van der Waals surface area (Å²) < 4.78 is 5.27. The number of carbonyl (C=O) groups is 2. The summed E-state index contributed by atoms with van der Waals surface area (Å²) in [4.78, 5) is 26.1. The number of likely N-dealkylation sites (tertiary alicyclic amines) is 1. The summed E-state index contributed by atoms with van der Waals surface area (Å²) in [7, 11) is 1.57. The first-order valence-electron chi connectivity index (χ1n) is 8.35. The second-order valence-electron chi connectivity index (χ2n) is 6.97. The van der Waals surface area contributed by atoms with Crippen molar-refractivity contribution < 1.29 is 19.4 Å². The van der Waals surface area contributed by atoms with Crippen LogP contribution in [-0.4, -0.2) is 48.6 Å². The van der Waals surface area contributed by atoms with Gasteiger partial charge >= 0.3 is 5.97 Å². The zero-order chi connectivity index (χ0) is 17.3. The number of carboxylic acid groups (broad SMARTS) is 1. The van der Waals surface area contributed by atoms with Crippen LogP contribution in [0.1, 0.15) is 24.8 Å². The maximum Gasteiger partial charge on any atom is 0.311 e. The van der Waals surface area contributed by atoms with Crippen LogP contribution < -0.4 is 10.1 Å². The first-order valence-corrected chi connectivity index (χ1v) is 8.35. The van der Waals surface area contributed by atoms with Crippen molar-refractivity contribution in [3.8, 4) is 5.75 Å². The van der Waals surface area contributed by atoms with Crippen LogP contribution in [-0.2, 0) is 9.59 Å². The van der Waals surface area contributed by atoms with Crippen molar-refractivity contribution >= 4 is 17.6 Å². The minimum atomic E-state index is -0.715. The summed E-state index contributed by atoms with van der Waals surface area (Å²) in [6.07, 6.45) is 2.63. The third-order valence-corrected chi connectivity index (χ3v) is 5.36. The maximum absolute atomic E-state index is 12.4. The highest BCUT2D eigenvalue weighted by Gasteiger charge is 2.54. The third kappa shape index (κ3) is 2.98. The van der Waals surface area contributed by atoms with Crippen molar-refractivity contribution in [1.29, 1.82) is 0 Å². The van der Waals surface area contributed by atoms with Crippen molar-refractivity contribution in [1.82, 2.24) is 4.90 Å². The van der Waals surface area contributed by atoms with Crippen LogP contribution in [0, 0.1) is 18.3 Å². The van der Waals surface area contributed by atoms with Gasteiger partial charge in [-0.1, -0.05) is 12.5 Å². The summed E-state index contributed by atoms with van der Waals surface area (Å²) in [6.45, 7) is 3.31. The molecule has 1 aliphatic carbocycles. The SMILES string of the molecule is COc1ccc(C)cc1NC(=O)CN1C[C@@H]2CCC[C@@]2(C(=O)O)C1. The highest BCUT2D eigenvalue weighted by Crippen LogP contribution is 2.48. The number of carboxylic acids is 1. The molecule has 6 nitrogen and oxygen atoms in total. The Morgan fingerprint density at radius 3 is 2.92 bits per heavy atom. The number of anilines is 1. The van der Waals surface area contributed by atoms with Gasteiger partial charge in [0.15, 0.2) is 0 Å². The molecule has 2 aliphatic rings. The Morgan fingerprint density at radius 1 is 1.46 bits per heavy atom. The quantitative estimate of drug-likeness (QED) is 0.863. The van der Waals surface area contributed by atoms with E-state index in [2.05, 4.69) is 5.32 Å². The van der Waals surface area contributed by atoms with E-state index in [4.69, 9.17) is 4.74 Å². The van der Waals surface area contributed by atoms with Crippen LogP contribution in [0.2, 0.25) is 0 Å². The minimum Gasteiger partial charge on any atom is -0.495 e. The predicted molar refractivity (Wildman–Crippen MR) is 90.2 cm³/mol. The Kier molecular flexibility index (Phi) is 4.49. The van der Waals surface area contributed by atoms with Gasteiger partial charge in [0, 0.05) is 13.1 Å². The van der Waals surface area contributed by atoms with Gasteiger partial charge in [0.25, 0.3) is 0 Å². The van der Waals surface area contributed by atoms with E-state index in [1.807, 2.05) is 30.0 Å². The molecule has 130 valence electrons. The zero-order valence-corrected chi connectivity index (χ0v) is 14.2. The summed E-state index contributed by atoms with van der Waals surface area (Å²) in [5.41, 5.74) is 1.03. The molecule has 2 N–H and O–H groups in total. The van der Waals surface area contributed by atoms with Gasteiger partial charge in [-0.3, -0.25) is 14.5 Å². The number of hydrogen-bond acceptors (Lipinski definition) is 4. The van der Waals surface area contributed by atoms with Crippen LogP contribution in [0.5, 0.6) is 5.75 Å². The number of nitrogens with zero attached hydrogens (tertiary/aromatic N) is 1. The lowest BCUT2D eigenvalue weighted by Crippen LogP contribution is -2.37. The second-order valence-corrected chi connectivity index (χ2v) is 6.97. The summed E-state index contributed by atoms with van der Waals surface area (Å²) >= 11 is 0. The average molecular weight is 332 g/mol. The van der Waals surface area contributed by atoms with Crippen LogP contribution in [0.25, 0.3) is 0 Å². The highest BCUT2D eigenvalue weighted by atomic mass is 16.5. The van der Waals surface area contributed by atoms with Crippen molar-refractivity contribution in [2.45, 2.75) is 26.2 Å². The molecular weight excluding hydrogens is 308 g/mol. The third-order valence-electron chi connectivity index (χ3n) is 5.36. The lowest BCUT2D eigenvalue weighted by atomic mass is 9.81. The van der Waals surface area contributed by atoms with E-state index < -0.39 is 11.4 Å². The summed E-state index contributed by atoms with van der Waals surface area (Å²) in [6, 6.07) is 5.62. The fourth-order valence-electron chi connectivity index (χ4n) is 4.18. The first-order chi connectivity index (χ1) is 11.4. The van der Waals surface area contributed by atoms with Crippen LogP contribution in [0.4, 0.5) is 5.69 Å². The molecule has 0 bridgehead atoms. The number of aryl methyl sites for hydroxylation is 1. The molecule has 6 heteroatoms. The molecule has 1 saturated carbocycles. The molecule has 1 saturated heterocycles. The van der Waals surface area contributed by atoms with E-state index >= 15 is 0 Å².